The first-order valence-electron chi connectivity index (χ1n) is 9.72. The number of fused-ring (bicyclic) bond motifs is 1. The monoisotopic (exact) mass is 370 g/mol. The number of amides is 4. The van der Waals surface area contributed by atoms with Crippen molar-refractivity contribution in [2.45, 2.75) is 63.6 Å². The Balaban J connectivity index is 1.45. The average Bonchev–Trinajstić information content (AvgIpc) is 3.38. The number of carbonyl (C=O) groups is 3. The molecule has 0 bridgehead atoms. The molecule has 2 atom stereocenters. The molecule has 1 saturated heterocycles. The minimum atomic E-state index is -0.953. The van der Waals surface area contributed by atoms with Gasteiger partial charge in [0.2, 0.25) is 0 Å². The molecule has 2 aliphatic carbocycles. The van der Waals surface area contributed by atoms with Gasteiger partial charge in [0.25, 0.3) is 11.8 Å². The van der Waals surface area contributed by atoms with Crippen molar-refractivity contribution in [3.63, 3.8) is 0 Å². The van der Waals surface area contributed by atoms with Crippen LogP contribution in [0.25, 0.3) is 0 Å². The minimum Gasteiger partial charge on any atom is -0.322 e. The van der Waals surface area contributed by atoms with Crippen LogP contribution in [0.3, 0.4) is 0 Å². The molecule has 3 aliphatic rings. The number of aryl methyl sites for hydroxylation is 1. The molecular formula is C20H26N4O3. The number of urea groups is 1. The number of benzene rings is 1. The van der Waals surface area contributed by atoms with Crippen LogP contribution >= 0.6 is 0 Å². The van der Waals surface area contributed by atoms with Gasteiger partial charge >= 0.3 is 6.03 Å². The van der Waals surface area contributed by atoms with Crippen molar-refractivity contribution in [1.82, 2.24) is 20.7 Å². The van der Waals surface area contributed by atoms with Crippen LogP contribution in [-0.4, -0.2) is 45.9 Å². The van der Waals surface area contributed by atoms with E-state index in [2.05, 4.69) is 33.8 Å². The van der Waals surface area contributed by atoms with Gasteiger partial charge in [-0.05, 0) is 50.2 Å². The van der Waals surface area contributed by atoms with Gasteiger partial charge in [-0.25, -0.2) is 4.79 Å². The molecule has 7 heteroatoms. The first kappa shape index (κ1) is 18.0. The van der Waals surface area contributed by atoms with E-state index in [0.717, 1.165) is 30.7 Å². The van der Waals surface area contributed by atoms with Crippen LogP contribution in [0.5, 0.6) is 0 Å². The van der Waals surface area contributed by atoms with Crippen molar-refractivity contribution >= 4 is 17.8 Å². The second-order valence-electron chi connectivity index (χ2n) is 7.95. The minimum absolute atomic E-state index is 0.184. The van der Waals surface area contributed by atoms with Gasteiger partial charge in [0.1, 0.15) is 5.54 Å². The van der Waals surface area contributed by atoms with Crippen molar-refractivity contribution in [3.8, 4) is 0 Å². The number of rotatable bonds is 6. The summed E-state index contributed by atoms with van der Waals surface area (Å²) in [7, 11) is 0. The molecule has 0 aromatic heterocycles. The van der Waals surface area contributed by atoms with Crippen LogP contribution in [0, 0.1) is 0 Å². The van der Waals surface area contributed by atoms with Crippen molar-refractivity contribution in [1.29, 1.82) is 0 Å². The molecule has 0 unspecified atom stereocenters. The van der Waals surface area contributed by atoms with Gasteiger partial charge in [0, 0.05) is 12.1 Å². The molecule has 0 radical (unpaired) electrons. The summed E-state index contributed by atoms with van der Waals surface area (Å²) < 4.78 is 0. The highest BCUT2D eigenvalue weighted by Crippen LogP contribution is 2.41. The van der Waals surface area contributed by atoms with Crippen LogP contribution < -0.4 is 10.7 Å². The smallest absolute Gasteiger partial charge is 0.322 e. The second-order valence-corrected chi connectivity index (χ2v) is 7.95. The lowest BCUT2D eigenvalue weighted by Gasteiger charge is -2.29. The fourth-order valence-electron chi connectivity index (χ4n) is 4.13. The lowest BCUT2D eigenvalue weighted by Crippen LogP contribution is -2.51. The quantitative estimate of drug-likeness (QED) is 0.750. The largest absolute Gasteiger partial charge is 0.344 e. The predicted molar refractivity (Wildman–Crippen MR) is 99.4 cm³/mol. The highest BCUT2D eigenvalue weighted by atomic mass is 16.2. The van der Waals surface area contributed by atoms with Gasteiger partial charge in [-0.15, -0.1) is 0 Å². The maximum Gasteiger partial charge on any atom is 0.344 e. The summed E-state index contributed by atoms with van der Waals surface area (Å²) in [5.74, 6) is -0.734. The summed E-state index contributed by atoms with van der Waals surface area (Å²) in [6, 6.07) is 8.45. The van der Waals surface area contributed by atoms with Crippen molar-refractivity contribution in [2.75, 3.05) is 6.54 Å². The summed E-state index contributed by atoms with van der Waals surface area (Å²) in [6.07, 6.45) is 4.66. The Labute approximate surface area is 159 Å². The van der Waals surface area contributed by atoms with Crippen LogP contribution in [0.2, 0.25) is 0 Å². The first-order valence-corrected chi connectivity index (χ1v) is 9.72. The zero-order chi connectivity index (χ0) is 19.2. The second kappa shape index (κ2) is 6.64. The zero-order valence-electron chi connectivity index (χ0n) is 15.8. The molecule has 1 aliphatic heterocycles. The number of hydrogen-bond acceptors (Lipinski definition) is 4. The maximum atomic E-state index is 12.7. The van der Waals surface area contributed by atoms with Gasteiger partial charge in [-0.2, -0.15) is 5.01 Å². The molecular weight excluding hydrogens is 344 g/mol. The summed E-state index contributed by atoms with van der Waals surface area (Å²) >= 11 is 0. The summed E-state index contributed by atoms with van der Waals surface area (Å²) in [5.41, 5.74) is 4.21. The van der Waals surface area contributed by atoms with E-state index in [1.54, 1.807) is 6.92 Å². The highest BCUT2D eigenvalue weighted by molar-refractivity contribution is 6.07. The molecule has 1 aromatic rings. The normalized spacial score (nSPS) is 27.1. The topological polar surface area (TPSA) is 81.8 Å². The summed E-state index contributed by atoms with van der Waals surface area (Å²) in [4.78, 5) is 39.5. The van der Waals surface area contributed by atoms with Crippen LogP contribution in [0.1, 0.15) is 56.7 Å². The van der Waals surface area contributed by atoms with Gasteiger partial charge in [0.15, 0.2) is 0 Å². The molecule has 1 heterocycles. The standard InChI is InChI=1S/C20H26N4O3/c1-3-20(2)18(26)24(19(27)21-20)22-17(25)12-23(14-9-10-14)16-11-8-13-6-4-5-7-15(13)16/h4-7,14,16H,3,8-12H2,1-2H3,(H,21,27)(H,22,25)/t16-,20-/m0/s1. The Kier molecular flexibility index (Phi) is 4.42. The lowest BCUT2D eigenvalue weighted by molar-refractivity contribution is -0.139. The SMILES string of the molecule is CC[C@]1(C)NC(=O)N(NC(=O)CN(C2CC2)[C@H]2CCc3ccccc32)C1=O. The third kappa shape index (κ3) is 3.20. The van der Waals surface area contributed by atoms with Crippen LogP contribution in [0.15, 0.2) is 24.3 Å². The lowest BCUT2D eigenvalue weighted by atomic mass is 10.00. The van der Waals surface area contributed by atoms with Crippen LogP contribution in [0.4, 0.5) is 4.79 Å². The average molecular weight is 370 g/mol. The van der Waals surface area contributed by atoms with E-state index >= 15 is 0 Å². The molecule has 2 N–H and O–H groups in total. The molecule has 4 rings (SSSR count). The summed E-state index contributed by atoms with van der Waals surface area (Å²) in [6.45, 7) is 3.69. The molecule has 144 valence electrons. The number of imide groups is 1. The number of hydrazine groups is 1. The van der Waals surface area contributed by atoms with E-state index in [-0.39, 0.29) is 18.5 Å². The van der Waals surface area contributed by atoms with E-state index in [1.807, 2.05) is 13.0 Å². The van der Waals surface area contributed by atoms with E-state index < -0.39 is 17.5 Å². The van der Waals surface area contributed by atoms with Gasteiger partial charge in [-0.3, -0.25) is 19.9 Å². The van der Waals surface area contributed by atoms with Crippen molar-refractivity contribution in [3.05, 3.63) is 35.4 Å². The number of nitrogens with zero attached hydrogens (tertiary/aromatic N) is 2. The number of nitrogens with one attached hydrogen (secondary N) is 2. The molecule has 1 saturated carbocycles. The fraction of sp³-hybridized carbons (Fsp3) is 0.550. The highest BCUT2D eigenvalue weighted by Gasteiger charge is 2.48. The van der Waals surface area contributed by atoms with Crippen LogP contribution in [-0.2, 0) is 16.0 Å². The Bertz CT molecular complexity index is 791. The van der Waals surface area contributed by atoms with Gasteiger partial charge in [-0.1, -0.05) is 31.2 Å². The zero-order valence-corrected chi connectivity index (χ0v) is 15.8. The fourth-order valence-corrected chi connectivity index (χ4v) is 4.13. The van der Waals surface area contributed by atoms with E-state index in [4.69, 9.17) is 0 Å². The third-order valence-corrected chi connectivity index (χ3v) is 6.05. The van der Waals surface area contributed by atoms with Crippen molar-refractivity contribution in [2.24, 2.45) is 0 Å². The Morgan fingerprint density at radius 3 is 2.70 bits per heavy atom. The summed E-state index contributed by atoms with van der Waals surface area (Å²) in [5, 5.41) is 3.48. The van der Waals surface area contributed by atoms with E-state index in [0.29, 0.717) is 12.5 Å². The maximum absolute atomic E-state index is 12.7. The molecule has 4 amide bonds. The Morgan fingerprint density at radius 1 is 1.30 bits per heavy atom. The number of carbonyl (C=O) groups excluding carboxylic acids is 3. The number of hydrogen-bond donors (Lipinski definition) is 2. The van der Waals surface area contributed by atoms with E-state index in [1.165, 1.54) is 11.1 Å². The third-order valence-electron chi connectivity index (χ3n) is 6.05. The van der Waals surface area contributed by atoms with Gasteiger partial charge < -0.3 is 5.32 Å². The van der Waals surface area contributed by atoms with E-state index in [9.17, 15) is 14.4 Å². The first-order chi connectivity index (χ1) is 12.9. The Morgan fingerprint density at radius 2 is 2.04 bits per heavy atom. The Hall–Kier alpha value is -2.41. The molecule has 0 spiro atoms. The molecule has 1 aromatic carbocycles. The molecule has 2 fully saturated rings. The molecule has 7 nitrogen and oxygen atoms in total. The predicted octanol–water partition coefficient (Wildman–Crippen LogP) is 1.89. The van der Waals surface area contributed by atoms with Gasteiger partial charge in [0.05, 0.1) is 6.54 Å². The molecule has 27 heavy (non-hydrogen) atoms. The van der Waals surface area contributed by atoms with Crippen molar-refractivity contribution < 1.29 is 14.4 Å².